The van der Waals surface area contributed by atoms with E-state index in [1.807, 2.05) is 6.92 Å². The molecule has 0 saturated carbocycles. The van der Waals surface area contributed by atoms with Gasteiger partial charge in [-0.25, -0.2) is 4.98 Å². The molecule has 1 heterocycles. The van der Waals surface area contributed by atoms with Crippen LogP contribution in [0.25, 0.3) is 0 Å². The van der Waals surface area contributed by atoms with Crippen LogP contribution in [-0.2, 0) is 11.2 Å². The number of nitrogens with two attached hydrogens (primary N) is 1. The van der Waals surface area contributed by atoms with Crippen LogP contribution in [0.1, 0.15) is 23.9 Å². The highest BCUT2D eigenvalue weighted by Crippen LogP contribution is 2.25. The molecule has 0 aromatic carbocycles. The molecule has 1 aromatic heterocycles. The molecule has 15 heavy (non-hydrogen) atoms. The third kappa shape index (κ3) is 2.76. The number of carbonyl (C=O) groups is 1. The highest BCUT2D eigenvalue weighted by Gasteiger charge is 2.31. The van der Waals surface area contributed by atoms with Crippen LogP contribution >= 0.6 is 11.3 Å². The second-order valence-electron chi connectivity index (χ2n) is 3.93. The number of hydrogen-bond donors (Lipinski definition) is 2. The summed E-state index contributed by atoms with van der Waals surface area (Å²) in [7, 11) is 0. The lowest BCUT2D eigenvalue weighted by atomic mass is 9.85. The van der Waals surface area contributed by atoms with Crippen molar-refractivity contribution >= 4 is 17.3 Å². The number of aromatic nitrogens is 1. The van der Waals surface area contributed by atoms with Crippen molar-refractivity contribution < 1.29 is 9.90 Å². The Morgan fingerprint density at radius 2 is 2.40 bits per heavy atom. The van der Waals surface area contributed by atoms with Crippen LogP contribution in [0.15, 0.2) is 5.51 Å². The Balaban J connectivity index is 2.63. The zero-order chi connectivity index (χ0) is 11.5. The monoisotopic (exact) mass is 228 g/mol. The molecule has 0 fully saturated rings. The maximum atomic E-state index is 11.0. The fourth-order valence-corrected chi connectivity index (χ4v) is 2.03. The fourth-order valence-electron chi connectivity index (χ4n) is 1.25. The molecule has 0 amide bonds. The Bertz CT molecular complexity index is 351. The van der Waals surface area contributed by atoms with E-state index < -0.39 is 11.4 Å². The first-order valence-electron chi connectivity index (χ1n) is 4.82. The normalized spacial score (nSPS) is 14.9. The van der Waals surface area contributed by atoms with Crippen molar-refractivity contribution in [1.29, 1.82) is 0 Å². The van der Waals surface area contributed by atoms with Gasteiger partial charge in [0, 0.05) is 11.4 Å². The largest absolute Gasteiger partial charge is 0.481 e. The van der Waals surface area contributed by atoms with E-state index >= 15 is 0 Å². The number of carboxylic acid groups (broad SMARTS) is 1. The predicted octanol–water partition coefficient (Wildman–Crippen LogP) is 1.43. The fraction of sp³-hybridized carbons (Fsp3) is 0.600. The van der Waals surface area contributed by atoms with Crippen LogP contribution in [-0.4, -0.2) is 22.6 Å². The zero-order valence-electron chi connectivity index (χ0n) is 8.99. The first kappa shape index (κ1) is 12.1. The second-order valence-corrected chi connectivity index (χ2v) is 4.87. The summed E-state index contributed by atoms with van der Waals surface area (Å²) in [5.41, 5.74) is 7.44. The van der Waals surface area contributed by atoms with Gasteiger partial charge in [-0.15, -0.1) is 11.3 Å². The lowest BCUT2D eigenvalue weighted by Gasteiger charge is -2.22. The molecule has 0 saturated heterocycles. The topological polar surface area (TPSA) is 76.2 Å². The number of aliphatic carboxylic acids is 1. The van der Waals surface area contributed by atoms with Gasteiger partial charge in [-0.3, -0.25) is 4.79 Å². The minimum atomic E-state index is -0.827. The number of rotatable bonds is 5. The maximum Gasteiger partial charge on any atom is 0.310 e. The highest BCUT2D eigenvalue weighted by atomic mass is 32.1. The van der Waals surface area contributed by atoms with Crippen molar-refractivity contribution in [1.82, 2.24) is 4.98 Å². The SMILES string of the molecule is Cc1ncsc1CCC(C)(CN)C(=O)O. The predicted molar refractivity (Wildman–Crippen MR) is 60.0 cm³/mol. The molecule has 3 N–H and O–H groups in total. The van der Waals surface area contributed by atoms with E-state index in [0.29, 0.717) is 6.42 Å². The van der Waals surface area contributed by atoms with Crippen LogP contribution in [0.4, 0.5) is 0 Å². The summed E-state index contributed by atoms with van der Waals surface area (Å²) in [6, 6.07) is 0. The molecule has 0 radical (unpaired) electrons. The molecule has 0 aliphatic rings. The molecule has 4 nitrogen and oxygen atoms in total. The third-order valence-corrected chi connectivity index (χ3v) is 3.71. The molecular weight excluding hydrogens is 212 g/mol. The molecule has 0 spiro atoms. The highest BCUT2D eigenvalue weighted by molar-refractivity contribution is 7.09. The Labute approximate surface area is 93.1 Å². The quantitative estimate of drug-likeness (QED) is 0.799. The minimum Gasteiger partial charge on any atom is -0.481 e. The van der Waals surface area contributed by atoms with E-state index in [4.69, 9.17) is 10.8 Å². The number of hydrogen-bond acceptors (Lipinski definition) is 4. The van der Waals surface area contributed by atoms with Crippen molar-refractivity contribution in [2.24, 2.45) is 11.1 Å². The van der Waals surface area contributed by atoms with Crippen molar-refractivity contribution in [2.45, 2.75) is 26.7 Å². The van der Waals surface area contributed by atoms with Gasteiger partial charge in [0.05, 0.1) is 16.6 Å². The van der Waals surface area contributed by atoms with Crippen molar-refractivity contribution in [3.63, 3.8) is 0 Å². The van der Waals surface area contributed by atoms with Gasteiger partial charge in [0.2, 0.25) is 0 Å². The third-order valence-electron chi connectivity index (χ3n) is 2.72. The van der Waals surface area contributed by atoms with E-state index in [2.05, 4.69) is 4.98 Å². The molecule has 0 aliphatic heterocycles. The van der Waals surface area contributed by atoms with Crippen molar-refractivity contribution in [2.75, 3.05) is 6.54 Å². The first-order valence-corrected chi connectivity index (χ1v) is 5.70. The second kappa shape index (κ2) is 4.72. The summed E-state index contributed by atoms with van der Waals surface area (Å²) in [6.45, 7) is 3.79. The van der Waals surface area contributed by atoms with Crippen LogP contribution in [0.3, 0.4) is 0 Å². The zero-order valence-corrected chi connectivity index (χ0v) is 9.80. The van der Waals surface area contributed by atoms with Crippen molar-refractivity contribution in [3.8, 4) is 0 Å². The summed E-state index contributed by atoms with van der Waals surface area (Å²) in [4.78, 5) is 16.3. The summed E-state index contributed by atoms with van der Waals surface area (Å²) in [5, 5.41) is 9.04. The Kier molecular flexibility index (Phi) is 3.82. The molecule has 5 heteroatoms. The van der Waals surface area contributed by atoms with Gasteiger partial charge in [0.25, 0.3) is 0 Å². The number of carboxylic acids is 1. The molecule has 1 rings (SSSR count). The van der Waals surface area contributed by atoms with E-state index in [0.717, 1.165) is 17.0 Å². The molecule has 1 unspecified atom stereocenters. The number of aryl methyl sites for hydroxylation is 2. The first-order chi connectivity index (χ1) is 6.99. The van der Waals surface area contributed by atoms with Gasteiger partial charge < -0.3 is 10.8 Å². The summed E-state index contributed by atoms with van der Waals surface area (Å²) >= 11 is 1.57. The molecular formula is C10H16N2O2S. The summed E-state index contributed by atoms with van der Waals surface area (Å²) in [5.74, 6) is -0.827. The Hall–Kier alpha value is -0.940. The molecule has 0 aliphatic carbocycles. The lowest BCUT2D eigenvalue weighted by molar-refractivity contribution is -0.147. The average molecular weight is 228 g/mol. The Morgan fingerprint density at radius 3 is 2.80 bits per heavy atom. The molecule has 1 aromatic rings. The van der Waals surface area contributed by atoms with Crippen LogP contribution in [0.2, 0.25) is 0 Å². The van der Waals surface area contributed by atoms with Crippen LogP contribution in [0, 0.1) is 12.3 Å². The van der Waals surface area contributed by atoms with E-state index in [1.54, 1.807) is 23.8 Å². The number of thiazole rings is 1. The number of nitrogens with zero attached hydrogens (tertiary/aromatic N) is 1. The maximum absolute atomic E-state index is 11.0. The van der Waals surface area contributed by atoms with E-state index in [-0.39, 0.29) is 6.54 Å². The lowest BCUT2D eigenvalue weighted by Crippen LogP contribution is -2.36. The smallest absolute Gasteiger partial charge is 0.310 e. The van der Waals surface area contributed by atoms with Crippen LogP contribution < -0.4 is 5.73 Å². The van der Waals surface area contributed by atoms with E-state index in [1.165, 1.54) is 0 Å². The van der Waals surface area contributed by atoms with Crippen molar-refractivity contribution in [3.05, 3.63) is 16.1 Å². The van der Waals surface area contributed by atoms with Crippen LogP contribution in [0.5, 0.6) is 0 Å². The van der Waals surface area contributed by atoms with Gasteiger partial charge in [-0.05, 0) is 26.7 Å². The summed E-state index contributed by atoms with van der Waals surface area (Å²) in [6.07, 6.45) is 1.29. The van der Waals surface area contributed by atoms with Gasteiger partial charge >= 0.3 is 5.97 Å². The molecule has 1 atom stereocenters. The molecule has 0 bridgehead atoms. The standard InChI is InChI=1S/C10H16N2O2S/c1-7-8(15-6-12-7)3-4-10(2,5-11)9(13)14/h6H,3-5,11H2,1-2H3,(H,13,14). The van der Waals surface area contributed by atoms with E-state index in [9.17, 15) is 4.79 Å². The van der Waals surface area contributed by atoms with Gasteiger partial charge in [0.15, 0.2) is 0 Å². The summed E-state index contributed by atoms with van der Waals surface area (Å²) < 4.78 is 0. The minimum absolute atomic E-state index is 0.167. The Morgan fingerprint density at radius 1 is 1.73 bits per heavy atom. The molecule has 84 valence electrons. The van der Waals surface area contributed by atoms with Gasteiger partial charge in [-0.1, -0.05) is 0 Å². The van der Waals surface area contributed by atoms with Gasteiger partial charge in [0.1, 0.15) is 0 Å². The average Bonchev–Trinajstić information content (AvgIpc) is 2.60. The van der Waals surface area contributed by atoms with Gasteiger partial charge in [-0.2, -0.15) is 0 Å².